The van der Waals surface area contributed by atoms with Crippen molar-refractivity contribution in [2.75, 3.05) is 14.2 Å². The molecule has 217 valence electrons. The molecule has 41 heavy (non-hydrogen) atoms. The van der Waals surface area contributed by atoms with E-state index in [1.54, 1.807) is 48.2 Å². The number of aromatic nitrogens is 3. The van der Waals surface area contributed by atoms with Crippen LogP contribution in [-0.4, -0.2) is 29.2 Å². The topological polar surface area (TPSA) is 57.1 Å². The first kappa shape index (κ1) is 36.3. The van der Waals surface area contributed by atoms with Crippen molar-refractivity contribution in [3.63, 3.8) is 0 Å². The Morgan fingerprint density at radius 1 is 0.780 bits per heavy atom. The van der Waals surface area contributed by atoms with E-state index in [4.69, 9.17) is 9.47 Å². The molecule has 0 bridgehead atoms. The first-order valence-corrected chi connectivity index (χ1v) is 17.7. The number of hydrogen-bond acceptors (Lipinski definition) is 8. The Bertz CT molecular complexity index is 1660. The molecule has 0 N–H and O–H groups in total. The summed E-state index contributed by atoms with van der Waals surface area (Å²) in [5.74, 6) is 1.32. The average molecular weight is 755 g/mol. The van der Waals surface area contributed by atoms with Gasteiger partial charge in [0.2, 0.25) is 11.8 Å². The molecule has 0 aliphatic carbocycles. The summed E-state index contributed by atoms with van der Waals surface area (Å²) < 4.78 is 14.9. The SMILES string of the molecule is COc1cc2cc(-c3cc4cc(C)ncc4s3)sc2cn1.COc1cc2cc(Br)sc2cn1.[CH2-]CCC.[Cl][Cu][Cl].[Li+]. The number of nitrogens with zero attached hydrogens (tertiary/aromatic N) is 3. The van der Waals surface area contributed by atoms with Crippen LogP contribution < -0.4 is 28.3 Å². The molecule has 0 unspecified atom stereocenters. The zero-order valence-electron chi connectivity index (χ0n) is 23.1. The van der Waals surface area contributed by atoms with E-state index in [-0.39, 0.29) is 18.9 Å². The first-order valence-electron chi connectivity index (χ1n) is 11.8. The van der Waals surface area contributed by atoms with Crippen molar-refractivity contribution in [1.82, 2.24) is 15.0 Å². The van der Waals surface area contributed by atoms with Gasteiger partial charge in [-0.15, -0.1) is 34.0 Å². The molecule has 13 heteroatoms. The predicted molar refractivity (Wildman–Crippen MR) is 175 cm³/mol. The fourth-order valence-electron chi connectivity index (χ4n) is 3.34. The van der Waals surface area contributed by atoms with Gasteiger partial charge in [-0.1, -0.05) is 13.3 Å². The van der Waals surface area contributed by atoms with Gasteiger partial charge in [0.15, 0.2) is 0 Å². The van der Waals surface area contributed by atoms with Crippen LogP contribution in [-0.2, 0) is 13.1 Å². The van der Waals surface area contributed by atoms with Crippen LogP contribution in [0, 0.1) is 13.8 Å². The van der Waals surface area contributed by atoms with E-state index in [1.165, 1.54) is 46.4 Å². The molecule has 6 aromatic rings. The number of halogens is 3. The van der Waals surface area contributed by atoms with Crippen molar-refractivity contribution >= 4 is 100 Å². The third kappa shape index (κ3) is 10.6. The normalized spacial score (nSPS) is 10.1. The Morgan fingerprint density at radius 3 is 1.66 bits per heavy atom. The maximum absolute atomic E-state index is 5.19. The summed E-state index contributed by atoms with van der Waals surface area (Å²) in [6, 6.07) is 12.5. The van der Waals surface area contributed by atoms with Crippen LogP contribution in [0.2, 0.25) is 0 Å². The molecule has 0 amide bonds. The molecule has 6 heterocycles. The monoisotopic (exact) mass is 752 g/mol. The van der Waals surface area contributed by atoms with Crippen LogP contribution in [0.1, 0.15) is 25.5 Å². The zero-order chi connectivity index (χ0) is 29.1. The molecule has 0 atom stereocenters. The summed E-state index contributed by atoms with van der Waals surface area (Å²) in [6.07, 6.45) is 7.93. The third-order valence-electron chi connectivity index (χ3n) is 5.28. The quantitative estimate of drug-likeness (QED) is 0.135. The first-order chi connectivity index (χ1) is 19.3. The van der Waals surface area contributed by atoms with Crippen LogP contribution in [0.4, 0.5) is 0 Å². The fraction of sp³-hybridized carbons (Fsp3) is 0.214. The van der Waals surface area contributed by atoms with Gasteiger partial charge in [0.25, 0.3) is 0 Å². The number of rotatable bonds is 4. The summed E-state index contributed by atoms with van der Waals surface area (Å²) in [5.41, 5.74) is 1.05. The minimum Gasteiger partial charge on any atom is 1.00 e. The molecule has 0 fully saturated rings. The molecular formula is C28H27BrCl2CuLiN3O2S3. The summed E-state index contributed by atoms with van der Waals surface area (Å²) in [4.78, 5) is 15.3. The minimum atomic E-state index is 0. The number of fused-ring (bicyclic) bond motifs is 3. The molecule has 6 aromatic heterocycles. The Labute approximate surface area is 287 Å². The van der Waals surface area contributed by atoms with E-state index in [0.717, 1.165) is 29.0 Å². The molecule has 5 nitrogen and oxygen atoms in total. The van der Waals surface area contributed by atoms with Gasteiger partial charge in [0, 0.05) is 56.9 Å². The fourth-order valence-corrected chi connectivity index (χ4v) is 6.94. The van der Waals surface area contributed by atoms with Gasteiger partial charge in [-0.3, -0.25) is 4.98 Å². The third-order valence-corrected chi connectivity index (χ3v) is 9.24. The van der Waals surface area contributed by atoms with Crippen LogP contribution in [0.25, 0.3) is 40.0 Å². The zero-order valence-corrected chi connectivity index (χ0v) is 29.6. The Morgan fingerprint density at radius 2 is 1.20 bits per heavy atom. The molecule has 6 rings (SSSR count). The average Bonchev–Trinajstić information content (AvgIpc) is 3.68. The van der Waals surface area contributed by atoms with Crippen LogP contribution in [0.15, 0.2) is 58.8 Å². The second-order valence-corrected chi connectivity index (χ2v) is 14.2. The van der Waals surface area contributed by atoms with E-state index in [0.29, 0.717) is 11.8 Å². The van der Waals surface area contributed by atoms with Gasteiger partial charge < -0.3 is 16.4 Å². The number of pyridine rings is 3. The van der Waals surface area contributed by atoms with Gasteiger partial charge in [0.1, 0.15) is 0 Å². The number of hydrogen-bond donors (Lipinski definition) is 0. The van der Waals surface area contributed by atoms with Crippen LogP contribution >= 0.6 is 70.1 Å². The van der Waals surface area contributed by atoms with Crippen molar-refractivity contribution in [3.8, 4) is 21.5 Å². The number of methoxy groups -OCH3 is 2. The maximum Gasteiger partial charge on any atom is 1.00 e. The molecule has 0 saturated carbocycles. The van der Waals surface area contributed by atoms with Crippen molar-refractivity contribution in [1.29, 1.82) is 0 Å². The number of thiophene rings is 3. The summed E-state index contributed by atoms with van der Waals surface area (Å²) >= 11 is 9.39. The van der Waals surface area contributed by atoms with Crippen LogP contribution in [0.5, 0.6) is 11.8 Å². The van der Waals surface area contributed by atoms with Crippen LogP contribution in [0.3, 0.4) is 0 Å². The summed E-state index contributed by atoms with van der Waals surface area (Å²) in [7, 11) is 12.6. The van der Waals surface area contributed by atoms with Gasteiger partial charge in [-0.25, -0.2) is 9.97 Å². The van der Waals surface area contributed by atoms with E-state index >= 15 is 0 Å². The second-order valence-electron chi connectivity index (χ2n) is 8.06. The molecule has 0 aliphatic rings. The van der Waals surface area contributed by atoms with E-state index in [2.05, 4.69) is 89.2 Å². The van der Waals surface area contributed by atoms with Crippen molar-refractivity contribution in [2.45, 2.75) is 26.7 Å². The van der Waals surface area contributed by atoms with E-state index < -0.39 is 0 Å². The van der Waals surface area contributed by atoms with Crippen molar-refractivity contribution in [2.24, 2.45) is 0 Å². The molecule has 0 spiro atoms. The summed E-state index contributed by atoms with van der Waals surface area (Å²) in [5, 5.41) is 3.60. The standard InChI is InChI=1S/C16H12N2OS2.C8H6BrNOS.C4H9.2ClH.Cu.Li/c1-9-3-10-4-12(20-14(10)7-17-9)13-5-11-6-16(19-2)18-8-15(11)21-13;1-11-8-3-5-2-7(9)12-6(5)4-10-8;1-3-4-2;;;;/h3-8H,1-2H3;2-4H,1H3;1,3-4H2,2H3;2*1H;;/q;;-1;;;+2;+1/p-2. The number of unbranched alkanes of at least 4 members (excludes halogenated alkanes) is 1. The Hall–Kier alpha value is -0.893. The number of aryl methyl sites for hydroxylation is 1. The molecule has 0 aliphatic heterocycles. The van der Waals surface area contributed by atoms with Gasteiger partial charge in [-0.2, -0.15) is 6.42 Å². The van der Waals surface area contributed by atoms with Gasteiger partial charge in [0.05, 0.1) is 32.1 Å². The second kappa shape index (κ2) is 18.7. The van der Waals surface area contributed by atoms with Gasteiger partial charge in [-0.05, 0) is 52.5 Å². The Kier molecular flexibility index (Phi) is 16.6. The van der Waals surface area contributed by atoms with E-state index in [1.807, 2.05) is 37.6 Å². The largest absolute Gasteiger partial charge is 1.00 e. The summed E-state index contributed by atoms with van der Waals surface area (Å²) in [6.45, 7) is 7.74. The van der Waals surface area contributed by atoms with Crippen molar-refractivity contribution in [3.05, 3.63) is 71.4 Å². The van der Waals surface area contributed by atoms with Crippen molar-refractivity contribution < 1.29 is 41.5 Å². The number of ether oxygens (including phenoxy) is 2. The smallest absolute Gasteiger partial charge is 1.00 e. The molecule has 0 radical (unpaired) electrons. The van der Waals surface area contributed by atoms with E-state index in [9.17, 15) is 0 Å². The Balaban J connectivity index is 0.000000249. The van der Waals surface area contributed by atoms with Gasteiger partial charge >= 0.3 is 52.2 Å². The maximum atomic E-state index is 5.19. The minimum absolute atomic E-state index is 0. The molecular weight excluding hydrogens is 728 g/mol. The predicted octanol–water partition coefficient (Wildman–Crippen LogP) is 7.96. The molecule has 0 aromatic carbocycles. The molecule has 0 saturated heterocycles.